The van der Waals surface area contributed by atoms with E-state index >= 15 is 0 Å². The maximum atomic E-state index is 12.5. The first-order valence-electron chi connectivity index (χ1n) is 8.30. The van der Waals surface area contributed by atoms with Crippen LogP contribution in [0.3, 0.4) is 0 Å². The number of aliphatic hydroxyl groups is 2. The molecule has 0 saturated carbocycles. The molecule has 0 saturated heterocycles. The molecule has 1 aliphatic rings. The van der Waals surface area contributed by atoms with Crippen LogP contribution in [0.1, 0.15) is 12.8 Å². The molecule has 0 unspecified atom stereocenters. The summed E-state index contributed by atoms with van der Waals surface area (Å²) in [5, 5.41) is 31.8. The van der Waals surface area contributed by atoms with Crippen molar-refractivity contribution in [1.82, 2.24) is 5.32 Å². The molecule has 152 valence electrons. The van der Waals surface area contributed by atoms with E-state index in [1.165, 1.54) is 6.08 Å². The van der Waals surface area contributed by atoms with Crippen LogP contribution in [0, 0.1) is 0 Å². The van der Waals surface area contributed by atoms with Crippen molar-refractivity contribution in [3.8, 4) is 5.75 Å². The highest BCUT2D eigenvalue weighted by Gasteiger charge is 2.35. The van der Waals surface area contributed by atoms with E-state index in [0.29, 0.717) is 10.8 Å². The van der Waals surface area contributed by atoms with Crippen molar-refractivity contribution in [1.29, 1.82) is 0 Å². The Balaban J connectivity index is 2.17. The maximum absolute atomic E-state index is 12.5. The fourth-order valence-corrected chi connectivity index (χ4v) is 2.76. The first kappa shape index (κ1) is 21.7. The molecule has 10 heteroatoms. The number of aliphatic carboxylic acids is 1. The fraction of sp³-hybridized carbons (Fsp3) is 0.389. The topological polar surface area (TPSA) is 142 Å². The van der Waals surface area contributed by atoms with Gasteiger partial charge in [0, 0.05) is 17.0 Å². The van der Waals surface area contributed by atoms with E-state index in [1.54, 1.807) is 24.3 Å². The van der Waals surface area contributed by atoms with Crippen LogP contribution in [0.4, 0.5) is 0 Å². The number of rotatable bonds is 7. The van der Waals surface area contributed by atoms with Gasteiger partial charge in [-0.3, -0.25) is 9.59 Å². The second-order valence-electron chi connectivity index (χ2n) is 6.14. The van der Waals surface area contributed by atoms with Crippen molar-refractivity contribution in [2.75, 3.05) is 7.11 Å². The number of halogens is 1. The van der Waals surface area contributed by atoms with Crippen molar-refractivity contribution >= 4 is 29.4 Å². The van der Waals surface area contributed by atoms with Crippen LogP contribution in [-0.4, -0.2) is 64.6 Å². The molecule has 1 amide bonds. The zero-order chi connectivity index (χ0) is 20.8. The van der Waals surface area contributed by atoms with Gasteiger partial charge in [0.05, 0.1) is 19.6 Å². The summed E-state index contributed by atoms with van der Waals surface area (Å²) in [6, 6.07) is 4.88. The van der Waals surface area contributed by atoms with E-state index in [4.69, 9.17) is 21.4 Å². The first-order valence-corrected chi connectivity index (χ1v) is 8.68. The zero-order valence-electron chi connectivity index (χ0n) is 14.9. The van der Waals surface area contributed by atoms with Crippen LogP contribution in [0.15, 0.2) is 35.9 Å². The van der Waals surface area contributed by atoms with Crippen LogP contribution in [0.25, 0.3) is 0 Å². The van der Waals surface area contributed by atoms with Gasteiger partial charge >= 0.3 is 11.9 Å². The normalized spacial score (nSPS) is 22.6. The number of carboxylic acids is 1. The number of carbonyl (C=O) groups is 3. The summed E-state index contributed by atoms with van der Waals surface area (Å²) < 4.78 is 10.1. The van der Waals surface area contributed by atoms with E-state index in [-0.39, 0.29) is 12.0 Å². The number of ether oxygens (including phenoxy) is 2. The number of esters is 1. The predicted molar refractivity (Wildman–Crippen MR) is 96.8 cm³/mol. The molecule has 1 aliphatic carbocycles. The molecule has 0 heterocycles. The van der Waals surface area contributed by atoms with Crippen LogP contribution in [0.2, 0.25) is 5.02 Å². The molecular weight excluding hydrogens is 394 g/mol. The number of carbonyl (C=O) groups excluding carboxylic acids is 2. The van der Waals surface area contributed by atoms with Gasteiger partial charge in [-0.1, -0.05) is 11.6 Å². The van der Waals surface area contributed by atoms with Gasteiger partial charge in [0.1, 0.15) is 24.0 Å². The van der Waals surface area contributed by atoms with E-state index in [9.17, 15) is 24.6 Å². The number of methoxy groups -OCH3 is 1. The Morgan fingerprint density at radius 3 is 2.46 bits per heavy atom. The van der Waals surface area contributed by atoms with Gasteiger partial charge < -0.3 is 30.1 Å². The average Bonchev–Trinajstić information content (AvgIpc) is 2.65. The number of hydrogen-bond donors (Lipinski definition) is 4. The van der Waals surface area contributed by atoms with Gasteiger partial charge in [0.15, 0.2) is 0 Å². The number of carboxylic acid groups (broad SMARTS) is 1. The highest BCUT2D eigenvalue weighted by molar-refractivity contribution is 6.30. The van der Waals surface area contributed by atoms with Gasteiger partial charge in [0.2, 0.25) is 5.91 Å². The highest BCUT2D eigenvalue weighted by atomic mass is 35.5. The van der Waals surface area contributed by atoms with Gasteiger partial charge in [-0.25, -0.2) is 4.79 Å². The van der Waals surface area contributed by atoms with Gasteiger partial charge in [-0.2, -0.15) is 0 Å². The molecule has 9 nitrogen and oxygen atoms in total. The van der Waals surface area contributed by atoms with E-state index in [0.717, 1.165) is 7.11 Å². The third-order valence-electron chi connectivity index (χ3n) is 4.07. The molecule has 0 radical (unpaired) electrons. The smallest absolute Gasteiger partial charge is 0.328 e. The minimum absolute atomic E-state index is 0.0380. The molecule has 0 fully saturated rings. The minimum atomic E-state index is -1.39. The number of nitrogens with one attached hydrogen (secondary N) is 1. The molecule has 0 spiro atoms. The van der Waals surface area contributed by atoms with Crippen LogP contribution in [0.5, 0.6) is 5.75 Å². The molecular formula is C18H20ClNO8. The molecule has 4 atom stereocenters. The van der Waals surface area contributed by atoms with Crippen molar-refractivity contribution in [3.63, 3.8) is 0 Å². The standard InChI is InChI=1S/C18H20ClNO8/c1-27-18(26)12(8-15(22)23)20-17(25)9-6-13(21)16(24)14(7-9)28-11-4-2-10(19)3-5-11/h2-5,7,12-14,16,21,24H,6,8H2,1H3,(H,20,25)(H,22,23)/t12-,13-,14-,16-/m1/s1. The summed E-state index contributed by atoms with van der Waals surface area (Å²) in [5.74, 6) is -2.63. The molecule has 4 N–H and O–H groups in total. The van der Waals surface area contributed by atoms with E-state index in [1.807, 2.05) is 0 Å². The maximum Gasteiger partial charge on any atom is 0.328 e. The summed E-state index contributed by atoms with van der Waals surface area (Å²) in [5.41, 5.74) is 0.0380. The largest absolute Gasteiger partial charge is 0.484 e. The second-order valence-corrected chi connectivity index (χ2v) is 6.57. The summed E-state index contributed by atoms with van der Waals surface area (Å²) in [6.07, 6.45) is -3.17. The van der Waals surface area contributed by atoms with E-state index < -0.39 is 48.6 Å². The number of aliphatic hydroxyl groups excluding tert-OH is 2. The lowest BCUT2D eigenvalue weighted by molar-refractivity contribution is -0.149. The molecule has 1 aromatic carbocycles. The highest BCUT2D eigenvalue weighted by Crippen LogP contribution is 2.25. The quantitative estimate of drug-likeness (QED) is 0.466. The Morgan fingerprint density at radius 1 is 1.25 bits per heavy atom. The Labute approximate surface area is 165 Å². The van der Waals surface area contributed by atoms with Gasteiger partial charge in [0.25, 0.3) is 0 Å². The average molecular weight is 414 g/mol. The van der Waals surface area contributed by atoms with Crippen molar-refractivity contribution in [2.24, 2.45) is 0 Å². The molecule has 28 heavy (non-hydrogen) atoms. The lowest BCUT2D eigenvalue weighted by atomic mass is 9.91. The molecule has 1 aromatic rings. The SMILES string of the molecule is COC(=O)[C@@H](CC(=O)O)NC(=O)C1=C[C@@H](Oc2ccc(Cl)cc2)[C@H](O)[C@H](O)C1. The monoisotopic (exact) mass is 413 g/mol. The van der Waals surface area contributed by atoms with Crippen molar-refractivity contribution in [3.05, 3.63) is 40.9 Å². The Hall–Kier alpha value is -2.62. The van der Waals surface area contributed by atoms with Crippen LogP contribution in [-0.2, 0) is 19.1 Å². The van der Waals surface area contributed by atoms with Crippen molar-refractivity contribution in [2.45, 2.75) is 37.2 Å². The second kappa shape index (κ2) is 9.54. The molecule has 2 rings (SSSR count). The van der Waals surface area contributed by atoms with E-state index in [2.05, 4.69) is 10.1 Å². The first-order chi connectivity index (χ1) is 13.2. The molecule has 0 aromatic heterocycles. The van der Waals surface area contributed by atoms with Gasteiger partial charge in [-0.15, -0.1) is 0 Å². The third kappa shape index (κ3) is 5.69. The fourth-order valence-electron chi connectivity index (χ4n) is 2.63. The van der Waals surface area contributed by atoms with Crippen molar-refractivity contribution < 1.29 is 39.2 Å². The minimum Gasteiger partial charge on any atom is -0.484 e. The Morgan fingerprint density at radius 2 is 1.89 bits per heavy atom. The zero-order valence-corrected chi connectivity index (χ0v) is 15.6. The third-order valence-corrected chi connectivity index (χ3v) is 4.32. The number of benzene rings is 1. The van der Waals surface area contributed by atoms with Crippen LogP contribution >= 0.6 is 11.6 Å². The summed E-state index contributed by atoms with van der Waals surface area (Å²) >= 11 is 5.80. The summed E-state index contributed by atoms with van der Waals surface area (Å²) in [4.78, 5) is 35.0. The Bertz CT molecular complexity index is 763. The van der Waals surface area contributed by atoms with Crippen LogP contribution < -0.4 is 10.1 Å². The molecule has 0 bridgehead atoms. The summed E-state index contributed by atoms with van der Waals surface area (Å²) in [6.45, 7) is 0. The number of hydrogen-bond acceptors (Lipinski definition) is 7. The lowest BCUT2D eigenvalue weighted by Gasteiger charge is -2.31. The number of amides is 1. The predicted octanol–water partition coefficient (Wildman–Crippen LogP) is 0.272. The molecule has 0 aliphatic heterocycles. The summed E-state index contributed by atoms with van der Waals surface area (Å²) in [7, 11) is 1.07. The van der Waals surface area contributed by atoms with Gasteiger partial charge in [-0.05, 0) is 30.3 Å². The lowest BCUT2D eigenvalue weighted by Crippen LogP contribution is -2.48. The Kier molecular flexibility index (Phi) is 7.38.